The molecule has 0 saturated heterocycles. The highest BCUT2D eigenvalue weighted by molar-refractivity contribution is 5.93. The minimum Gasteiger partial charge on any atom is -0.443 e. The van der Waals surface area contributed by atoms with E-state index in [2.05, 4.69) is 37.3 Å². The molecule has 1 aromatic rings. The van der Waals surface area contributed by atoms with Crippen LogP contribution in [0.5, 0.6) is 0 Å². The van der Waals surface area contributed by atoms with Gasteiger partial charge in [-0.15, -0.1) is 0 Å². The van der Waals surface area contributed by atoms with E-state index in [1.54, 1.807) is 0 Å². The maximum absolute atomic E-state index is 12.8. The highest BCUT2D eigenvalue weighted by Gasteiger charge is 2.55. The van der Waals surface area contributed by atoms with Crippen molar-refractivity contribution >= 4 is 11.8 Å². The van der Waals surface area contributed by atoms with Gasteiger partial charge in [0.25, 0.3) is 0 Å². The summed E-state index contributed by atoms with van der Waals surface area (Å²) in [7, 11) is 0. The van der Waals surface area contributed by atoms with Crippen LogP contribution < -0.4 is 4.90 Å². The summed E-state index contributed by atoms with van der Waals surface area (Å²) < 4.78 is 5.69. The zero-order valence-electron chi connectivity index (χ0n) is 13.7. The normalized spacial score (nSPS) is 31.4. The Morgan fingerprint density at radius 2 is 1.95 bits per heavy atom. The first-order valence-corrected chi connectivity index (χ1v) is 8.16. The van der Waals surface area contributed by atoms with Crippen molar-refractivity contribution < 1.29 is 9.53 Å². The van der Waals surface area contributed by atoms with E-state index in [9.17, 15) is 4.79 Å². The van der Waals surface area contributed by atoms with Crippen LogP contribution in [0.4, 0.5) is 10.5 Å². The number of rotatable bonds is 0. The van der Waals surface area contributed by atoms with Crippen molar-refractivity contribution in [3.05, 3.63) is 41.5 Å². The van der Waals surface area contributed by atoms with E-state index < -0.39 is 5.60 Å². The number of aryl methyl sites for hydroxylation is 1. The van der Waals surface area contributed by atoms with Crippen LogP contribution in [0.1, 0.15) is 44.2 Å². The highest BCUT2D eigenvalue weighted by Crippen LogP contribution is 2.58. The predicted octanol–water partition coefficient (Wildman–Crippen LogP) is 4.41. The molecule has 1 saturated carbocycles. The van der Waals surface area contributed by atoms with E-state index in [0.29, 0.717) is 17.8 Å². The first-order chi connectivity index (χ1) is 10.3. The minimum absolute atomic E-state index is 0.203. The lowest BCUT2D eigenvalue weighted by atomic mass is 9.85. The summed E-state index contributed by atoms with van der Waals surface area (Å²) in [5, 5.41) is 0. The molecular formula is C19H23NO2. The summed E-state index contributed by atoms with van der Waals surface area (Å²) in [5.41, 5.74) is 3.17. The molecule has 4 atom stereocenters. The van der Waals surface area contributed by atoms with E-state index in [1.807, 2.05) is 25.7 Å². The van der Waals surface area contributed by atoms with Crippen molar-refractivity contribution in [2.75, 3.05) is 4.90 Å². The van der Waals surface area contributed by atoms with Crippen LogP contribution in [-0.4, -0.2) is 17.7 Å². The molecule has 3 nitrogen and oxygen atoms in total. The molecule has 22 heavy (non-hydrogen) atoms. The molecule has 3 aliphatic rings. The molecule has 1 heterocycles. The van der Waals surface area contributed by atoms with Gasteiger partial charge in [-0.1, -0.05) is 29.8 Å². The third-order valence-corrected chi connectivity index (χ3v) is 5.11. The maximum atomic E-state index is 12.8. The van der Waals surface area contributed by atoms with Crippen molar-refractivity contribution in [1.29, 1.82) is 0 Å². The Morgan fingerprint density at radius 1 is 1.23 bits per heavy atom. The standard InChI is InChI=1S/C19H23NO2/c1-11-5-8-15-14(9-11)16-12-6-7-13(10-12)17(16)20(15)18(21)22-19(2,3)4/h5-9,12-13,16-17H,10H2,1-4H3/t12-,13+,16-,17-/m0/s1. The summed E-state index contributed by atoms with van der Waals surface area (Å²) in [4.78, 5) is 14.7. The molecule has 116 valence electrons. The summed E-state index contributed by atoms with van der Waals surface area (Å²) in [6, 6.07) is 6.67. The predicted molar refractivity (Wildman–Crippen MR) is 87.2 cm³/mol. The van der Waals surface area contributed by atoms with Crippen molar-refractivity contribution in [1.82, 2.24) is 0 Å². The second-order valence-electron chi connectivity index (χ2n) is 7.88. The quantitative estimate of drug-likeness (QED) is 0.664. The van der Waals surface area contributed by atoms with Crippen LogP contribution in [0.25, 0.3) is 0 Å². The molecule has 1 amide bonds. The van der Waals surface area contributed by atoms with E-state index in [-0.39, 0.29) is 12.1 Å². The lowest BCUT2D eigenvalue weighted by molar-refractivity contribution is 0.0563. The van der Waals surface area contributed by atoms with Gasteiger partial charge in [-0.2, -0.15) is 0 Å². The summed E-state index contributed by atoms with van der Waals surface area (Å²) in [6.07, 6.45) is 5.60. The first-order valence-electron chi connectivity index (χ1n) is 8.16. The number of carbonyl (C=O) groups is 1. The number of carbonyl (C=O) groups excluding carboxylic acids is 1. The monoisotopic (exact) mass is 297 g/mol. The van der Waals surface area contributed by atoms with Crippen molar-refractivity contribution in [2.45, 2.75) is 51.7 Å². The first kappa shape index (κ1) is 13.9. The Kier molecular flexibility index (Phi) is 2.76. The number of benzene rings is 1. The number of amides is 1. The van der Waals surface area contributed by atoms with Gasteiger partial charge in [-0.05, 0) is 57.6 Å². The molecule has 1 fully saturated rings. The third-order valence-electron chi connectivity index (χ3n) is 5.11. The lowest BCUT2D eigenvalue weighted by Crippen LogP contribution is -2.44. The fourth-order valence-corrected chi connectivity index (χ4v) is 4.41. The molecular weight excluding hydrogens is 274 g/mol. The number of allylic oxidation sites excluding steroid dienone is 1. The number of fused-ring (bicyclic) bond motifs is 7. The van der Waals surface area contributed by atoms with Crippen molar-refractivity contribution in [3.63, 3.8) is 0 Å². The smallest absolute Gasteiger partial charge is 0.415 e. The van der Waals surface area contributed by atoms with E-state index >= 15 is 0 Å². The van der Waals surface area contributed by atoms with Crippen LogP contribution in [0.3, 0.4) is 0 Å². The van der Waals surface area contributed by atoms with E-state index in [4.69, 9.17) is 4.74 Å². The van der Waals surface area contributed by atoms with Crippen LogP contribution in [-0.2, 0) is 4.74 Å². The van der Waals surface area contributed by atoms with Gasteiger partial charge in [-0.25, -0.2) is 4.79 Å². The van der Waals surface area contributed by atoms with Crippen LogP contribution >= 0.6 is 0 Å². The van der Waals surface area contributed by atoms with Gasteiger partial charge in [0.05, 0.1) is 11.7 Å². The molecule has 4 rings (SSSR count). The average molecular weight is 297 g/mol. The zero-order valence-corrected chi connectivity index (χ0v) is 13.7. The van der Waals surface area contributed by atoms with Gasteiger partial charge in [0.2, 0.25) is 0 Å². The van der Waals surface area contributed by atoms with E-state index in [0.717, 1.165) is 5.69 Å². The number of hydrogen-bond acceptors (Lipinski definition) is 2. The fourth-order valence-electron chi connectivity index (χ4n) is 4.41. The Labute approximate surface area is 132 Å². The van der Waals surface area contributed by atoms with Gasteiger partial charge in [0.1, 0.15) is 5.60 Å². The number of ether oxygens (including phenoxy) is 1. The topological polar surface area (TPSA) is 29.5 Å². The lowest BCUT2D eigenvalue weighted by Gasteiger charge is -2.32. The molecule has 0 unspecified atom stereocenters. The Bertz CT molecular complexity index is 671. The van der Waals surface area contributed by atoms with Gasteiger partial charge >= 0.3 is 6.09 Å². The number of nitrogens with zero attached hydrogens (tertiary/aromatic N) is 1. The SMILES string of the molecule is Cc1ccc2c(c1)[C@H]1[C@H]([C@@H]3C=C[C@H]1C3)N2C(=O)OC(C)(C)C. The zero-order chi connectivity index (χ0) is 15.6. The summed E-state index contributed by atoms with van der Waals surface area (Å²) in [6.45, 7) is 7.90. The van der Waals surface area contributed by atoms with Gasteiger partial charge in [-0.3, -0.25) is 4.90 Å². The molecule has 0 aromatic heterocycles. The van der Waals surface area contributed by atoms with Gasteiger partial charge < -0.3 is 4.74 Å². The molecule has 2 aliphatic carbocycles. The maximum Gasteiger partial charge on any atom is 0.415 e. The number of hydrogen-bond donors (Lipinski definition) is 0. The third kappa shape index (κ3) is 1.91. The second-order valence-corrected chi connectivity index (χ2v) is 7.88. The van der Waals surface area contributed by atoms with Crippen molar-refractivity contribution in [3.8, 4) is 0 Å². The van der Waals surface area contributed by atoms with Crippen LogP contribution in [0.15, 0.2) is 30.4 Å². The largest absolute Gasteiger partial charge is 0.443 e. The molecule has 0 radical (unpaired) electrons. The summed E-state index contributed by atoms with van der Waals surface area (Å²) >= 11 is 0. The Hall–Kier alpha value is -1.77. The van der Waals surface area contributed by atoms with Crippen LogP contribution in [0.2, 0.25) is 0 Å². The molecule has 0 N–H and O–H groups in total. The van der Waals surface area contributed by atoms with Gasteiger partial charge in [0.15, 0.2) is 0 Å². The Morgan fingerprint density at radius 3 is 2.68 bits per heavy atom. The second kappa shape index (κ2) is 4.37. The summed E-state index contributed by atoms with van der Waals surface area (Å²) in [5.74, 6) is 1.48. The molecule has 1 aromatic carbocycles. The Balaban J connectivity index is 1.78. The van der Waals surface area contributed by atoms with E-state index in [1.165, 1.54) is 17.5 Å². The molecule has 3 heteroatoms. The van der Waals surface area contributed by atoms with Crippen LogP contribution in [0, 0.1) is 18.8 Å². The molecule has 1 aliphatic heterocycles. The van der Waals surface area contributed by atoms with Crippen molar-refractivity contribution in [2.24, 2.45) is 11.8 Å². The number of anilines is 1. The van der Waals surface area contributed by atoms with Gasteiger partial charge in [0, 0.05) is 5.92 Å². The minimum atomic E-state index is -0.465. The molecule has 2 bridgehead atoms. The average Bonchev–Trinajstić information content (AvgIpc) is 3.05. The fraction of sp³-hybridized carbons (Fsp3) is 0.526. The highest BCUT2D eigenvalue weighted by atomic mass is 16.6. The molecule has 0 spiro atoms.